The van der Waals surface area contributed by atoms with Crippen molar-refractivity contribution in [3.8, 4) is 5.75 Å². The van der Waals surface area contributed by atoms with E-state index in [0.29, 0.717) is 11.3 Å². The van der Waals surface area contributed by atoms with E-state index in [1.54, 1.807) is 57.2 Å². The Morgan fingerprint density at radius 3 is 2.23 bits per heavy atom. The van der Waals surface area contributed by atoms with Crippen molar-refractivity contribution >= 4 is 23.9 Å². The Morgan fingerprint density at radius 2 is 1.60 bits per heavy atom. The highest BCUT2D eigenvalue weighted by molar-refractivity contribution is 5.87. The summed E-state index contributed by atoms with van der Waals surface area (Å²) >= 11 is 0. The normalized spacial score (nSPS) is 12.0. The first-order chi connectivity index (χ1) is 19.1. The largest absolute Gasteiger partial charge is 0.489 e. The molecule has 0 radical (unpaired) electrons. The van der Waals surface area contributed by atoms with E-state index < -0.39 is 28.6 Å². The van der Waals surface area contributed by atoms with Crippen molar-refractivity contribution < 1.29 is 28.7 Å². The van der Waals surface area contributed by atoms with Crippen molar-refractivity contribution in [2.24, 2.45) is 5.10 Å². The van der Waals surface area contributed by atoms with Crippen LogP contribution in [0.4, 0.5) is 10.5 Å². The Balaban J connectivity index is 1.52. The van der Waals surface area contributed by atoms with E-state index in [1.807, 2.05) is 30.3 Å². The standard InChI is InChI=1S/C29H32N4O7/c1-29(2,3)40-28(35)31-26(20-38-18-22-7-5-4-6-8-22)27(34)32-30-17-21-11-15-25(16-12-21)39-19-23-9-13-24(14-10-23)33(36)37/h4-17,26H,18-20H2,1-3H3,(H,31,35)(H,32,34)/b30-17-/t26-/m0/s1. The fourth-order valence-corrected chi connectivity index (χ4v) is 3.28. The molecule has 3 rings (SSSR count). The molecule has 0 fully saturated rings. The van der Waals surface area contributed by atoms with E-state index in [9.17, 15) is 19.7 Å². The van der Waals surface area contributed by atoms with Crippen LogP contribution in [0.2, 0.25) is 0 Å². The number of carbonyl (C=O) groups is 2. The molecule has 0 aliphatic carbocycles. The fourth-order valence-electron chi connectivity index (χ4n) is 3.28. The molecule has 11 heteroatoms. The maximum Gasteiger partial charge on any atom is 0.408 e. The lowest BCUT2D eigenvalue weighted by Crippen LogP contribution is -2.49. The number of hydrogen-bond donors (Lipinski definition) is 2. The van der Waals surface area contributed by atoms with Crippen molar-refractivity contribution in [2.45, 2.75) is 45.6 Å². The summed E-state index contributed by atoms with van der Waals surface area (Å²) < 4.78 is 16.6. The van der Waals surface area contributed by atoms with Crippen LogP contribution in [0.1, 0.15) is 37.5 Å². The number of nitro groups is 1. The summed E-state index contributed by atoms with van der Waals surface area (Å²) in [6, 6.07) is 21.5. The van der Waals surface area contributed by atoms with Gasteiger partial charge in [-0.1, -0.05) is 30.3 Å². The number of hydrogen-bond acceptors (Lipinski definition) is 8. The minimum Gasteiger partial charge on any atom is -0.489 e. The molecule has 1 atom stereocenters. The lowest BCUT2D eigenvalue weighted by atomic mass is 10.2. The summed E-state index contributed by atoms with van der Waals surface area (Å²) in [4.78, 5) is 35.4. The lowest BCUT2D eigenvalue weighted by molar-refractivity contribution is -0.384. The molecule has 2 N–H and O–H groups in total. The van der Waals surface area contributed by atoms with Crippen molar-refractivity contribution in [2.75, 3.05) is 6.61 Å². The summed E-state index contributed by atoms with van der Waals surface area (Å²) in [7, 11) is 0. The lowest BCUT2D eigenvalue weighted by Gasteiger charge is -2.22. The topological polar surface area (TPSA) is 141 Å². The minimum absolute atomic E-state index is 0.0196. The average molecular weight is 549 g/mol. The number of carbonyl (C=O) groups excluding carboxylic acids is 2. The van der Waals surface area contributed by atoms with Crippen molar-refractivity contribution in [3.63, 3.8) is 0 Å². The van der Waals surface area contributed by atoms with Gasteiger partial charge in [-0.2, -0.15) is 5.10 Å². The van der Waals surface area contributed by atoms with Gasteiger partial charge in [-0.25, -0.2) is 10.2 Å². The fraction of sp³-hybridized carbons (Fsp3) is 0.276. The molecule has 3 aromatic rings. The highest BCUT2D eigenvalue weighted by atomic mass is 16.6. The molecule has 0 aliphatic rings. The number of hydrazone groups is 1. The van der Waals surface area contributed by atoms with E-state index in [4.69, 9.17) is 14.2 Å². The SMILES string of the molecule is CC(C)(C)OC(=O)N[C@@H](COCc1ccccc1)C(=O)N/N=C\c1ccc(OCc2ccc([N+](=O)[O-])cc2)cc1. The van der Waals surface area contributed by atoms with Gasteiger partial charge in [-0.15, -0.1) is 0 Å². The van der Waals surface area contributed by atoms with Crippen LogP contribution in [0.5, 0.6) is 5.75 Å². The predicted molar refractivity (Wildman–Crippen MR) is 149 cm³/mol. The highest BCUT2D eigenvalue weighted by Gasteiger charge is 2.24. The minimum atomic E-state index is -1.04. The third-order valence-corrected chi connectivity index (χ3v) is 5.22. The number of nitrogens with one attached hydrogen (secondary N) is 2. The summed E-state index contributed by atoms with van der Waals surface area (Å²) in [5.41, 5.74) is 4.13. The van der Waals surface area contributed by atoms with Crippen LogP contribution in [0, 0.1) is 10.1 Å². The van der Waals surface area contributed by atoms with Gasteiger partial charge in [0.1, 0.15) is 24.0 Å². The van der Waals surface area contributed by atoms with Crippen LogP contribution >= 0.6 is 0 Å². The summed E-state index contributed by atoms with van der Waals surface area (Å²) in [6.07, 6.45) is 0.706. The van der Waals surface area contributed by atoms with Crippen LogP contribution < -0.4 is 15.5 Å². The molecule has 2 amide bonds. The third kappa shape index (κ3) is 10.5. The number of amides is 2. The van der Waals surface area contributed by atoms with Crippen LogP contribution in [0.15, 0.2) is 84.0 Å². The zero-order valence-corrected chi connectivity index (χ0v) is 22.5. The molecule has 0 heterocycles. The van der Waals surface area contributed by atoms with Gasteiger partial charge in [0.15, 0.2) is 0 Å². The summed E-state index contributed by atoms with van der Waals surface area (Å²) in [5, 5.41) is 17.3. The molecular weight excluding hydrogens is 516 g/mol. The first-order valence-electron chi connectivity index (χ1n) is 12.5. The van der Waals surface area contributed by atoms with Crippen molar-refractivity contribution in [3.05, 3.63) is 106 Å². The zero-order valence-electron chi connectivity index (χ0n) is 22.5. The van der Waals surface area contributed by atoms with E-state index in [0.717, 1.165) is 11.1 Å². The number of ether oxygens (including phenoxy) is 3. The van der Waals surface area contributed by atoms with Gasteiger partial charge < -0.3 is 19.5 Å². The van der Waals surface area contributed by atoms with Crippen LogP contribution in [0.25, 0.3) is 0 Å². The maximum absolute atomic E-state index is 12.8. The molecule has 210 valence electrons. The Labute approximate surface area is 232 Å². The van der Waals surface area contributed by atoms with Gasteiger partial charge >= 0.3 is 6.09 Å². The van der Waals surface area contributed by atoms with Gasteiger partial charge in [0.2, 0.25) is 0 Å². The number of nitro benzene ring substituents is 1. The van der Waals surface area contributed by atoms with Crippen molar-refractivity contribution in [1.82, 2.24) is 10.7 Å². The molecule has 11 nitrogen and oxygen atoms in total. The molecule has 0 spiro atoms. The van der Waals surface area contributed by atoms with Crippen LogP contribution in [-0.4, -0.2) is 41.4 Å². The van der Waals surface area contributed by atoms with Crippen LogP contribution in [-0.2, 0) is 27.5 Å². The molecule has 40 heavy (non-hydrogen) atoms. The molecule has 0 saturated carbocycles. The van der Waals surface area contributed by atoms with E-state index in [1.165, 1.54) is 18.3 Å². The Bertz CT molecular complexity index is 1290. The summed E-state index contributed by atoms with van der Waals surface area (Å²) in [6.45, 7) is 5.61. The second-order valence-electron chi connectivity index (χ2n) is 9.72. The monoisotopic (exact) mass is 548 g/mol. The highest BCUT2D eigenvalue weighted by Crippen LogP contribution is 2.16. The Hall–Kier alpha value is -4.77. The zero-order chi connectivity index (χ0) is 29.0. The van der Waals surface area contributed by atoms with Gasteiger partial charge in [0.05, 0.1) is 24.4 Å². The van der Waals surface area contributed by atoms with E-state index in [-0.39, 0.29) is 25.5 Å². The predicted octanol–water partition coefficient (Wildman–Crippen LogP) is 4.73. The van der Waals surface area contributed by atoms with E-state index >= 15 is 0 Å². The number of alkyl carbamates (subject to hydrolysis) is 1. The molecule has 0 bridgehead atoms. The van der Waals surface area contributed by atoms with Gasteiger partial charge in [0, 0.05) is 12.1 Å². The number of benzene rings is 3. The first kappa shape index (κ1) is 29.8. The Morgan fingerprint density at radius 1 is 0.950 bits per heavy atom. The van der Waals surface area contributed by atoms with Gasteiger partial charge in [0.25, 0.3) is 11.6 Å². The van der Waals surface area contributed by atoms with E-state index in [2.05, 4.69) is 15.8 Å². The molecule has 3 aromatic carbocycles. The third-order valence-electron chi connectivity index (χ3n) is 5.22. The van der Waals surface area contributed by atoms with Gasteiger partial charge in [-0.3, -0.25) is 14.9 Å². The molecule has 0 saturated heterocycles. The molecular formula is C29H32N4O7. The van der Waals surface area contributed by atoms with Crippen LogP contribution in [0.3, 0.4) is 0 Å². The molecule has 0 aromatic heterocycles. The second kappa shape index (κ2) is 14.4. The van der Waals surface area contributed by atoms with Crippen molar-refractivity contribution in [1.29, 1.82) is 0 Å². The van der Waals surface area contributed by atoms with Gasteiger partial charge in [-0.05, 0) is 73.9 Å². The number of nitrogens with zero attached hydrogens (tertiary/aromatic N) is 2. The number of non-ortho nitro benzene ring substituents is 1. The first-order valence-corrected chi connectivity index (χ1v) is 12.5. The Kier molecular flexibility index (Phi) is 10.7. The maximum atomic E-state index is 12.8. The number of rotatable bonds is 12. The average Bonchev–Trinajstić information content (AvgIpc) is 2.92. The smallest absolute Gasteiger partial charge is 0.408 e. The molecule has 0 unspecified atom stereocenters. The second-order valence-corrected chi connectivity index (χ2v) is 9.72. The summed E-state index contributed by atoms with van der Waals surface area (Å²) in [5.74, 6) is 0.0231. The molecule has 0 aliphatic heterocycles. The quantitative estimate of drug-likeness (QED) is 0.189.